The molecule has 0 unspecified atom stereocenters. The number of ether oxygens (including phenoxy) is 1. The number of aromatic nitrogens is 1. The van der Waals surface area contributed by atoms with Crippen LogP contribution in [0.3, 0.4) is 0 Å². The van der Waals surface area contributed by atoms with Crippen molar-refractivity contribution in [1.29, 1.82) is 0 Å². The largest absolute Gasteiger partial charge is 0.461 e. The average Bonchev–Trinajstić information content (AvgIpc) is 2.77. The van der Waals surface area contributed by atoms with Crippen LogP contribution in [0.25, 0.3) is 0 Å². The zero-order chi connectivity index (χ0) is 18.8. The molecule has 1 aromatic carbocycles. The van der Waals surface area contributed by atoms with E-state index in [-0.39, 0.29) is 17.2 Å². The van der Waals surface area contributed by atoms with Crippen LogP contribution in [0.4, 0.5) is 5.69 Å². The number of aryl methyl sites for hydroxylation is 1. The third-order valence-corrected chi connectivity index (χ3v) is 5.87. The fourth-order valence-corrected chi connectivity index (χ4v) is 4.58. The van der Waals surface area contributed by atoms with Gasteiger partial charge in [0.25, 0.3) is 10.0 Å². The van der Waals surface area contributed by atoms with Gasteiger partial charge in [-0.1, -0.05) is 25.1 Å². The highest BCUT2D eigenvalue weighted by atomic mass is 32.2. The zero-order valence-electron chi connectivity index (χ0n) is 15.2. The number of carbonyl (C=O) groups is 1. The maximum absolute atomic E-state index is 13.0. The Morgan fingerprint density at radius 2 is 1.84 bits per heavy atom. The summed E-state index contributed by atoms with van der Waals surface area (Å²) in [6.45, 7) is 7.21. The second-order valence-electron chi connectivity index (χ2n) is 5.78. The molecule has 0 fully saturated rings. The Labute approximate surface area is 148 Å². The first-order chi connectivity index (χ1) is 11.7. The Bertz CT molecular complexity index is 898. The lowest BCUT2D eigenvalue weighted by Crippen LogP contribution is -2.16. The predicted octanol–water partition coefficient (Wildman–Crippen LogP) is 3.18. The summed E-state index contributed by atoms with van der Waals surface area (Å²) in [6, 6.07) is 7.27. The van der Waals surface area contributed by atoms with Crippen molar-refractivity contribution in [2.24, 2.45) is 7.05 Å². The number of hydrogen-bond donors (Lipinski definition) is 1. The van der Waals surface area contributed by atoms with Crippen molar-refractivity contribution >= 4 is 21.7 Å². The molecular weight excluding hydrogens is 340 g/mol. The molecule has 0 aliphatic heterocycles. The van der Waals surface area contributed by atoms with E-state index >= 15 is 0 Å². The Hall–Kier alpha value is -2.28. The van der Waals surface area contributed by atoms with Crippen LogP contribution in [0.2, 0.25) is 0 Å². The van der Waals surface area contributed by atoms with Gasteiger partial charge in [0.15, 0.2) is 0 Å². The van der Waals surface area contributed by atoms with Crippen molar-refractivity contribution in [3.63, 3.8) is 0 Å². The number of esters is 1. The number of sulfonamides is 1. The van der Waals surface area contributed by atoms with Crippen LogP contribution >= 0.6 is 0 Å². The number of anilines is 1. The van der Waals surface area contributed by atoms with Crippen molar-refractivity contribution in [3.8, 4) is 0 Å². The highest BCUT2D eigenvalue weighted by Gasteiger charge is 2.29. The summed E-state index contributed by atoms with van der Waals surface area (Å²) in [6.07, 6.45) is 0.708. The van der Waals surface area contributed by atoms with Gasteiger partial charge in [0.05, 0.1) is 12.3 Å². The standard InChI is InChI=1S/C18H24N2O4S/c1-6-14-10-8-9-11-15(14)19-25(22,23)17-12(3)16(18(21)24-7-2)20(5)13(17)4/h8-11,19H,6-7H2,1-5H3. The van der Waals surface area contributed by atoms with E-state index in [1.165, 1.54) is 0 Å². The summed E-state index contributed by atoms with van der Waals surface area (Å²) in [5.41, 5.74) is 2.58. The van der Waals surface area contributed by atoms with Gasteiger partial charge in [-0.2, -0.15) is 0 Å². The van der Waals surface area contributed by atoms with Crippen LogP contribution in [0.5, 0.6) is 0 Å². The third-order valence-electron chi connectivity index (χ3n) is 4.24. The first kappa shape index (κ1) is 19.1. The van der Waals surface area contributed by atoms with Crippen LogP contribution < -0.4 is 4.72 Å². The van der Waals surface area contributed by atoms with Crippen LogP contribution in [-0.2, 0) is 28.2 Å². The van der Waals surface area contributed by atoms with Crippen molar-refractivity contribution in [2.45, 2.75) is 39.0 Å². The first-order valence-electron chi connectivity index (χ1n) is 8.18. The lowest BCUT2D eigenvalue weighted by atomic mass is 10.1. The van der Waals surface area contributed by atoms with Gasteiger partial charge < -0.3 is 9.30 Å². The molecule has 0 radical (unpaired) electrons. The molecule has 2 rings (SSSR count). The molecule has 0 amide bonds. The van der Waals surface area contributed by atoms with Gasteiger partial charge in [-0.25, -0.2) is 13.2 Å². The minimum absolute atomic E-state index is 0.115. The highest BCUT2D eigenvalue weighted by Crippen LogP contribution is 2.29. The van der Waals surface area contributed by atoms with Crippen molar-refractivity contribution in [3.05, 3.63) is 46.8 Å². The fourth-order valence-electron chi connectivity index (χ4n) is 2.96. The molecule has 0 aliphatic carbocycles. The normalized spacial score (nSPS) is 11.4. The van der Waals surface area contributed by atoms with Gasteiger partial charge in [0.1, 0.15) is 10.6 Å². The van der Waals surface area contributed by atoms with Crippen molar-refractivity contribution < 1.29 is 17.9 Å². The molecule has 7 heteroatoms. The quantitative estimate of drug-likeness (QED) is 0.799. The van der Waals surface area contributed by atoms with Gasteiger partial charge in [-0.15, -0.1) is 0 Å². The maximum Gasteiger partial charge on any atom is 0.355 e. The summed E-state index contributed by atoms with van der Waals surface area (Å²) < 4.78 is 35.2. The number of carbonyl (C=O) groups excluding carboxylic acids is 1. The van der Waals surface area contributed by atoms with Crippen molar-refractivity contribution in [2.75, 3.05) is 11.3 Å². The van der Waals surface area contributed by atoms with E-state index in [0.717, 1.165) is 5.56 Å². The van der Waals surface area contributed by atoms with Crippen LogP contribution in [-0.4, -0.2) is 25.6 Å². The van der Waals surface area contributed by atoms with E-state index in [9.17, 15) is 13.2 Å². The van der Waals surface area contributed by atoms with Gasteiger partial charge in [-0.3, -0.25) is 4.72 Å². The maximum atomic E-state index is 13.0. The number of rotatable bonds is 6. The molecule has 0 aliphatic rings. The highest BCUT2D eigenvalue weighted by molar-refractivity contribution is 7.92. The minimum Gasteiger partial charge on any atom is -0.461 e. The van der Waals surface area contributed by atoms with Gasteiger partial charge >= 0.3 is 5.97 Å². The molecule has 1 N–H and O–H groups in total. The number of hydrogen-bond acceptors (Lipinski definition) is 4. The lowest BCUT2D eigenvalue weighted by Gasteiger charge is -2.12. The predicted molar refractivity (Wildman–Crippen MR) is 97.5 cm³/mol. The summed E-state index contributed by atoms with van der Waals surface area (Å²) in [5, 5.41) is 0. The molecule has 25 heavy (non-hydrogen) atoms. The molecule has 1 heterocycles. The topological polar surface area (TPSA) is 77.4 Å². The van der Waals surface area contributed by atoms with E-state index < -0.39 is 16.0 Å². The summed E-state index contributed by atoms with van der Waals surface area (Å²) in [4.78, 5) is 12.3. The van der Waals surface area contributed by atoms with Gasteiger partial charge in [0, 0.05) is 18.3 Å². The molecule has 0 saturated heterocycles. The second kappa shape index (κ2) is 7.31. The van der Waals surface area contributed by atoms with E-state index in [1.807, 2.05) is 19.1 Å². The molecule has 0 atom stereocenters. The monoisotopic (exact) mass is 364 g/mol. The Morgan fingerprint density at radius 1 is 1.20 bits per heavy atom. The Kier molecular flexibility index (Phi) is 5.57. The van der Waals surface area contributed by atoms with E-state index in [2.05, 4.69) is 4.72 Å². The molecule has 0 spiro atoms. The third kappa shape index (κ3) is 3.56. The van der Waals surface area contributed by atoms with Crippen LogP contribution in [0, 0.1) is 13.8 Å². The number of nitrogens with zero attached hydrogens (tertiary/aromatic N) is 1. The summed E-state index contributed by atoms with van der Waals surface area (Å²) in [5.74, 6) is -0.527. The molecule has 1 aromatic heterocycles. The van der Waals surface area contributed by atoms with Gasteiger partial charge in [0.2, 0.25) is 0 Å². The molecule has 0 saturated carbocycles. The molecule has 0 bridgehead atoms. The average molecular weight is 364 g/mol. The SMILES string of the molecule is CCOC(=O)c1c(C)c(S(=O)(=O)Nc2ccccc2CC)c(C)n1C. The Morgan fingerprint density at radius 3 is 2.44 bits per heavy atom. The minimum atomic E-state index is -3.84. The number of para-hydroxylation sites is 1. The van der Waals surface area contributed by atoms with Crippen molar-refractivity contribution in [1.82, 2.24) is 4.57 Å². The van der Waals surface area contributed by atoms with E-state index in [4.69, 9.17) is 4.74 Å². The molecule has 6 nitrogen and oxygen atoms in total. The van der Waals surface area contributed by atoms with E-state index in [0.29, 0.717) is 23.4 Å². The zero-order valence-corrected chi connectivity index (χ0v) is 16.0. The van der Waals surface area contributed by atoms with E-state index in [1.54, 1.807) is 44.5 Å². The number of benzene rings is 1. The smallest absolute Gasteiger partial charge is 0.355 e. The van der Waals surface area contributed by atoms with Crippen LogP contribution in [0.15, 0.2) is 29.2 Å². The molecule has 2 aromatic rings. The second-order valence-corrected chi connectivity index (χ2v) is 7.40. The summed E-state index contributed by atoms with van der Waals surface area (Å²) >= 11 is 0. The van der Waals surface area contributed by atoms with Crippen LogP contribution in [0.1, 0.15) is 41.2 Å². The number of nitrogens with one attached hydrogen (secondary N) is 1. The van der Waals surface area contributed by atoms with Gasteiger partial charge in [-0.05, 0) is 38.8 Å². The lowest BCUT2D eigenvalue weighted by molar-refractivity contribution is 0.0514. The first-order valence-corrected chi connectivity index (χ1v) is 9.66. The Balaban J connectivity index is 2.53. The molecule has 136 valence electrons. The fraction of sp³-hybridized carbons (Fsp3) is 0.389. The summed E-state index contributed by atoms with van der Waals surface area (Å²) in [7, 11) is -2.18. The molecular formula is C18H24N2O4S.